The highest BCUT2D eigenvalue weighted by molar-refractivity contribution is 5.63. The first-order valence-electron chi connectivity index (χ1n) is 9.55. The van der Waals surface area contributed by atoms with Gasteiger partial charge in [-0.15, -0.1) is 0 Å². The number of hydrogen-bond donors (Lipinski definition) is 0. The van der Waals surface area contributed by atoms with Crippen LogP contribution in [-0.2, 0) is 0 Å². The van der Waals surface area contributed by atoms with Gasteiger partial charge < -0.3 is 0 Å². The summed E-state index contributed by atoms with van der Waals surface area (Å²) >= 11 is 0. The molecule has 1 heteroatoms. The lowest BCUT2D eigenvalue weighted by molar-refractivity contribution is 0.124. The molecule has 2 aromatic rings. The number of rotatable bonds is 2. The molecule has 0 heterocycles. The summed E-state index contributed by atoms with van der Waals surface area (Å²) in [6.07, 6.45) is 8.43. The van der Waals surface area contributed by atoms with Gasteiger partial charge in [0.25, 0.3) is 0 Å². The Kier molecular flexibility index (Phi) is 4.43. The van der Waals surface area contributed by atoms with Crippen LogP contribution >= 0.6 is 0 Å². The first-order valence-corrected chi connectivity index (χ1v) is 9.55. The molecule has 0 N–H and O–H groups in total. The fourth-order valence-electron chi connectivity index (χ4n) is 5.04. The SMILES string of the molecule is CC1CCC2CC(c3ccc(-c4cccc(F)c4)cc3)CCC2C1. The van der Waals surface area contributed by atoms with Gasteiger partial charge in [-0.1, -0.05) is 49.7 Å². The van der Waals surface area contributed by atoms with Gasteiger partial charge in [-0.2, -0.15) is 0 Å². The molecule has 0 spiro atoms. The van der Waals surface area contributed by atoms with E-state index < -0.39 is 0 Å². The molecule has 2 saturated carbocycles. The molecule has 0 saturated heterocycles. The number of benzene rings is 2. The molecule has 126 valence electrons. The molecule has 0 bridgehead atoms. The molecule has 4 atom stereocenters. The number of hydrogen-bond acceptors (Lipinski definition) is 0. The molecule has 2 aliphatic rings. The summed E-state index contributed by atoms with van der Waals surface area (Å²) in [6.45, 7) is 2.42. The minimum atomic E-state index is -0.165. The zero-order chi connectivity index (χ0) is 16.5. The van der Waals surface area contributed by atoms with Crippen LogP contribution < -0.4 is 0 Å². The first-order chi connectivity index (χ1) is 11.7. The highest BCUT2D eigenvalue weighted by Crippen LogP contribution is 2.47. The van der Waals surface area contributed by atoms with Gasteiger partial charge >= 0.3 is 0 Å². The average molecular weight is 322 g/mol. The third-order valence-corrected chi connectivity index (χ3v) is 6.42. The normalized spacial score (nSPS) is 29.9. The van der Waals surface area contributed by atoms with Crippen molar-refractivity contribution >= 4 is 0 Å². The second-order valence-electron chi connectivity index (χ2n) is 8.08. The van der Waals surface area contributed by atoms with E-state index in [2.05, 4.69) is 31.2 Å². The minimum Gasteiger partial charge on any atom is -0.207 e. The Bertz CT molecular complexity index is 687. The maximum absolute atomic E-state index is 13.4. The summed E-state index contributed by atoms with van der Waals surface area (Å²) in [5, 5.41) is 0. The van der Waals surface area contributed by atoms with E-state index in [1.807, 2.05) is 6.07 Å². The van der Waals surface area contributed by atoms with Crippen molar-refractivity contribution < 1.29 is 4.39 Å². The van der Waals surface area contributed by atoms with Crippen molar-refractivity contribution in [3.8, 4) is 11.1 Å². The zero-order valence-corrected chi connectivity index (χ0v) is 14.5. The van der Waals surface area contributed by atoms with Crippen molar-refractivity contribution in [1.29, 1.82) is 0 Å². The van der Waals surface area contributed by atoms with Crippen LogP contribution in [0.3, 0.4) is 0 Å². The van der Waals surface area contributed by atoms with Gasteiger partial charge in [0, 0.05) is 0 Å². The molecule has 0 aliphatic heterocycles. The van der Waals surface area contributed by atoms with Gasteiger partial charge in [-0.05, 0) is 84.6 Å². The molecule has 2 aliphatic carbocycles. The maximum atomic E-state index is 13.4. The fourth-order valence-corrected chi connectivity index (χ4v) is 5.04. The highest BCUT2D eigenvalue weighted by atomic mass is 19.1. The third-order valence-electron chi connectivity index (χ3n) is 6.42. The van der Waals surface area contributed by atoms with Crippen LogP contribution in [0.25, 0.3) is 11.1 Å². The van der Waals surface area contributed by atoms with E-state index in [1.165, 1.54) is 50.2 Å². The quantitative estimate of drug-likeness (QED) is 0.569. The van der Waals surface area contributed by atoms with Crippen LogP contribution in [0.15, 0.2) is 48.5 Å². The molecule has 2 aromatic carbocycles. The lowest BCUT2D eigenvalue weighted by atomic mass is 9.64. The molecule has 0 nitrogen and oxygen atoms in total. The Morgan fingerprint density at radius 3 is 2.33 bits per heavy atom. The number of fused-ring (bicyclic) bond motifs is 1. The molecule has 0 amide bonds. The predicted octanol–water partition coefficient (Wildman–Crippen LogP) is 6.81. The van der Waals surface area contributed by atoms with Crippen LogP contribution in [0.2, 0.25) is 0 Å². The maximum Gasteiger partial charge on any atom is 0.123 e. The van der Waals surface area contributed by atoms with Crippen molar-refractivity contribution in [2.24, 2.45) is 17.8 Å². The molecular formula is C23H27F. The zero-order valence-electron chi connectivity index (χ0n) is 14.5. The standard InChI is InChI=1S/C23H27F/c1-16-5-6-22-14-21(12-11-20(22)13-16)18-9-7-17(8-10-18)19-3-2-4-23(24)15-19/h2-4,7-10,15-16,20-22H,5-6,11-14H2,1H3. The Labute approximate surface area is 145 Å². The van der Waals surface area contributed by atoms with E-state index >= 15 is 0 Å². The van der Waals surface area contributed by atoms with Crippen LogP contribution in [0.1, 0.15) is 56.9 Å². The molecule has 0 radical (unpaired) electrons. The van der Waals surface area contributed by atoms with Crippen molar-refractivity contribution in [3.63, 3.8) is 0 Å². The van der Waals surface area contributed by atoms with Crippen LogP contribution in [0, 0.1) is 23.6 Å². The Balaban J connectivity index is 1.47. The van der Waals surface area contributed by atoms with Gasteiger partial charge in [0.2, 0.25) is 0 Å². The Hall–Kier alpha value is -1.63. The highest BCUT2D eigenvalue weighted by Gasteiger charge is 2.34. The van der Waals surface area contributed by atoms with Crippen LogP contribution in [0.4, 0.5) is 4.39 Å². The molecular weight excluding hydrogens is 295 g/mol. The second kappa shape index (κ2) is 6.70. The van der Waals surface area contributed by atoms with Gasteiger partial charge in [-0.3, -0.25) is 0 Å². The molecule has 4 unspecified atom stereocenters. The smallest absolute Gasteiger partial charge is 0.123 e. The van der Waals surface area contributed by atoms with Gasteiger partial charge in [-0.25, -0.2) is 4.39 Å². The van der Waals surface area contributed by atoms with E-state index in [9.17, 15) is 4.39 Å². The predicted molar refractivity (Wildman–Crippen MR) is 98.4 cm³/mol. The van der Waals surface area contributed by atoms with E-state index in [1.54, 1.807) is 12.1 Å². The monoisotopic (exact) mass is 322 g/mol. The van der Waals surface area contributed by atoms with Gasteiger partial charge in [0.15, 0.2) is 0 Å². The molecule has 4 rings (SSSR count). The average Bonchev–Trinajstić information content (AvgIpc) is 2.61. The van der Waals surface area contributed by atoms with Crippen molar-refractivity contribution in [1.82, 2.24) is 0 Å². The van der Waals surface area contributed by atoms with Gasteiger partial charge in [0.1, 0.15) is 5.82 Å². The van der Waals surface area contributed by atoms with Crippen LogP contribution in [0.5, 0.6) is 0 Å². The van der Waals surface area contributed by atoms with Crippen molar-refractivity contribution in [2.75, 3.05) is 0 Å². The van der Waals surface area contributed by atoms with E-state index in [0.29, 0.717) is 0 Å². The largest absolute Gasteiger partial charge is 0.207 e. The summed E-state index contributed by atoms with van der Waals surface area (Å²) in [5.74, 6) is 3.43. The molecule has 0 aromatic heterocycles. The Morgan fingerprint density at radius 1 is 0.792 bits per heavy atom. The summed E-state index contributed by atoms with van der Waals surface area (Å²) in [4.78, 5) is 0. The summed E-state index contributed by atoms with van der Waals surface area (Å²) in [7, 11) is 0. The fraction of sp³-hybridized carbons (Fsp3) is 0.478. The van der Waals surface area contributed by atoms with Crippen molar-refractivity contribution in [3.05, 3.63) is 59.9 Å². The summed E-state index contributed by atoms with van der Waals surface area (Å²) < 4.78 is 13.4. The lowest BCUT2D eigenvalue weighted by Gasteiger charge is -2.41. The second-order valence-corrected chi connectivity index (χ2v) is 8.08. The minimum absolute atomic E-state index is 0.165. The van der Waals surface area contributed by atoms with Crippen LogP contribution in [-0.4, -0.2) is 0 Å². The number of halogens is 1. The van der Waals surface area contributed by atoms with Gasteiger partial charge in [0.05, 0.1) is 0 Å². The van der Waals surface area contributed by atoms with Crippen molar-refractivity contribution in [2.45, 2.75) is 51.4 Å². The summed E-state index contributed by atoms with van der Waals surface area (Å²) in [5.41, 5.74) is 3.55. The van der Waals surface area contributed by atoms with E-state index in [0.717, 1.165) is 34.8 Å². The first kappa shape index (κ1) is 15.9. The van der Waals surface area contributed by atoms with E-state index in [-0.39, 0.29) is 5.82 Å². The Morgan fingerprint density at radius 2 is 1.54 bits per heavy atom. The van der Waals surface area contributed by atoms with E-state index in [4.69, 9.17) is 0 Å². The topological polar surface area (TPSA) is 0 Å². The summed E-state index contributed by atoms with van der Waals surface area (Å²) in [6, 6.07) is 15.8. The molecule has 2 fully saturated rings. The lowest BCUT2D eigenvalue weighted by Crippen LogP contribution is -2.29. The third kappa shape index (κ3) is 3.27. The molecule has 24 heavy (non-hydrogen) atoms.